The minimum absolute atomic E-state index is 0.168. The summed E-state index contributed by atoms with van der Waals surface area (Å²) in [5.74, 6) is 0.396. The molecule has 1 aromatic carbocycles. The summed E-state index contributed by atoms with van der Waals surface area (Å²) >= 11 is 0. The number of carbonyl (C=O) groups is 1. The molecule has 0 aliphatic carbocycles. The largest absolute Gasteiger partial charge is 0.494 e. The van der Waals surface area contributed by atoms with E-state index in [1.165, 1.54) is 17.0 Å². The van der Waals surface area contributed by atoms with Gasteiger partial charge in [0.2, 0.25) is 5.91 Å². The summed E-state index contributed by atoms with van der Waals surface area (Å²) in [5, 5.41) is 2.67. The van der Waals surface area contributed by atoms with Crippen molar-refractivity contribution in [3.8, 4) is 11.4 Å². The first-order valence-electron chi connectivity index (χ1n) is 7.88. The van der Waals surface area contributed by atoms with Crippen LogP contribution in [0.3, 0.4) is 0 Å². The number of amides is 1. The number of rotatable bonds is 7. The molecule has 1 aromatic heterocycles. The topological polar surface area (TPSA) is 82.3 Å². The van der Waals surface area contributed by atoms with Gasteiger partial charge in [-0.05, 0) is 37.6 Å². The quantitative estimate of drug-likeness (QED) is 0.765. The van der Waals surface area contributed by atoms with Crippen LogP contribution >= 0.6 is 0 Å². The van der Waals surface area contributed by atoms with Gasteiger partial charge in [0.15, 0.2) is 0 Å². The van der Waals surface area contributed by atoms with Crippen LogP contribution in [0.25, 0.3) is 5.69 Å². The van der Waals surface area contributed by atoms with Crippen LogP contribution in [0.5, 0.6) is 5.75 Å². The normalized spacial score (nSPS) is 10.4. The fraction of sp³-hybridized carbons (Fsp3) is 0.353. The number of ether oxygens (including phenoxy) is 1. The van der Waals surface area contributed by atoms with Gasteiger partial charge in [0.05, 0.1) is 6.61 Å². The van der Waals surface area contributed by atoms with E-state index >= 15 is 0 Å². The number of benzene rings is 1. The molecular formula is C17H21N3O4. The van der Waals surface area contributed by atoms with Crippen LogP contribution < -0.4 is 21.2 Å². The highest BCUT2D eigenvalue weighted by Crippen LogP contribution is 2.13. The van der Waals surface area contributed by atoms with E-state index in [2.05, 4.69) is 5.32 Å². The van der Waals surface area contributed by atoms with Crippen molar-refractivity contribution in [1.29, 1.82) is 0 Å². The molecule has 0 atom stereocenters. The number of carbonyl (C=O) groups excluding carboxylic acids is 1. The molecule has 0 saturated heterocycles. The number of aromatic nitrogens is 2. The Hall–Kier alpha value is -2.83. The molecule has 2 rings (SSSR count). The second-order valence-corrected chi connectivity index (χ2v) is 5.18. The minimum Gasteiger partial charge on any atom is -0.494 e. The van der Waals surface area contributed by atoms with Crippen molar-refractivity contribution in [3.05, 3.63) is 57.4 Å². The summed E-state index contributed by atoms with van der Waals surface area (Å²) < 4.78 is 7.71. The first-order valence-corrected chi connectivity index (χ1v) is 7.88. The molecule has 0 saturated carbocycles. The van der Waals surface area contributed by atoms with E-state index in [-0.39, 0.29) is 12.5 Å². The number of nitrogens with one attached hydrogen (secondary N) is 1. The molecule has 24 heavy (non-hydrogen) atoms. The molecule has 0 spiro atoms. The van der Waals surface area contributed by atoms with Crippen LogP contribution in [0, 0.1) is 0 Å². The molecule has 2 aromatic rings. The lowest BCUT2D eigenvalue weighted by atomic mass is 10.3. The molecular weight excluding hydrogens is 310 g/mol. The first-order chi connectivity index (χ1) is 11.6. The van der Waals surface area contributed by atoms with Crippen molar-refractivity contribution in [2.75, 3.05) is 13.2 Å². The van der Waals surface area contributed by atoms with E-state index in [4.69, 9.17) is 4.74 Å². The van der Waals surface area contributed by atoms with E-state index in [9.17, 15) is 14.4 Å². The molecule has 0 fully saturated rings. The van der Waals surface area contributed by atoms with Crippen molar-refractivity contribution < 1.29 is 9.53 Å². The molecule has 128 valence electrons. The fourth-order valence-electron chi connectivity index (χ4n) is 2.18. The molecule has 7 nitrogen and oxygen atoms in total. The average molecular weight is 331 g/mol. The van der Waals surface area contributed by atoms with Gasteiger partial charge >= 0.3 is 11.1 Å². The molecule has 0 aliphatic heterocycles. The maximum absolute atomic E-state index is 12.3. The predicted octanol–water partition coefficient (Wildman–Crippen LogP) is 0.924. The summed E-state index contributed by atoms with van der Waals surface area (Å²) in [6, 6.07) is 6.86. The third-order valence-corrected chi connectivity index (χ3v) is 3.37. The Morgan fingerprint density at radius 3 is 2.42 bits per heavy atom. The number of hydrogen-bond donors (Lipinski definition) is 1. The Labute approximate surface area is 139 Å². The molecule has 1 amide bonds. The van der Waals surface area contributed by atoms with E-state index in [1.807, 2.05) is 13.8 Å². The Bertz CT molecular complexity index is 806. The molecule has 1 heterocycles. The lowest BCUT2D eigenvalue weighted by molar-refractivity contribution is -0.121. The molecule has 0 unspecified atom stereocenters. The fourth-order valence-corrected chi connectivity index (χ4v) is 2.18. The maximum Gasteiger partial charge on any atom is 0.320 e. The Morgan fingerprint density at radius 1 is 1.08 bits per heavy atom. The molecule has 0 aliphatic rings. The number of hydrogen-bond acceptors (Lipinski definition) is 4. The monoisotopic (exact) mass is 331 g/mol. The molecule has 0 radical (unpaired) electrons. The highest BCUT2D eigenvalue weighted by Gasteiger charge is 2.09. The third kappa shape index (κ3) is 4.13. The Kier molecular flexibility index (Phi) is 5.95. The van der Waals surface area contributed by atoms with Crippen molar-refractivity contribution in [2.24, 2.45) is 0 Å². The van der Waals surface area contributed by atoms with Crippen LogP contribution in [0.1, 0.15) is 20.3 Å². The lowest BCUT2D eigenvalue weighted by Gasteiger charge is -2.10. The van der Waals surface area contributed by atoms with Gasteiger partial charge in [-0.15, -0.1) is 0 Å². The van der Waals surface area contributed by atoms with Crippen LogP contribution in [-0.2, 0) is 11.3 Å². The molecule has 7 heteroatoms. The van der Waals surface area contributed by atoms with Crippen molar-refractivity contribution in [2.45, 2.75) is 26.8 Å². The van der Waals surface area contributed by atoms with Crippen molar-refractivity contribution in [3.63, 3.8) is 0 Å². The Morgan fingerprint density at radius 2 is 1.79 bits per heavy atom. The zero-order valence-corrected chi connectivity index (χ0v) is 13.8. The van der Waals surface area contributed by atoms with Crippen LogP contribution in [0.4, 0.5) is 0 Å². The lowest BCUT2D eigenvalue weighted by Crippen LogP contribution is -2.42. The standard InChI is InChI=1S/C17H21N3O4/c1-3-9-18-15(21)12-19-10-11-20(17(23)16(19)22)13-5-7-14(8-6-13)24-4-2/h5-8,10-11H,3-4,9,12H2,1-2H3,(H,18,21). The summed E-state index contributed by atoms with van der Waals surface area (Å²) in [6.07, 6.45) is 3.72. The summed E-state index contributed by atoms with van der Waals surface area (Å²) in [5.41, 5.74) is -0.883. The Balaban J connectivity index is 2.25. The van der Waals surface area contributed by atoms with Crippen LogP contribution in [0.15, 0.2) is 46.2 Å². The molecule has 1 N–H and O–H groups in total. The van der Waals surface area contributed by atoms with Gasteiger partial charge in [0, 0.05) is 24.6 Å². The van der Waals surface area contributed by atoms with Gasteiger partial charge in [0.25, 0.3) is 0 Å². The summed E-state index contributed by atoms with van der Waals surface area (Å²) in [7, 11) is 0. The second-order valence-electron chi connectivity index (χ2n) is 5.18. The van der Waals surface area contributed by atoms with Crippen LogP contribution in [-0.4, -0.2) is 28.2 Å². The summed E-state index contributed by atoms with van der Waals surface area (Å²) in [6.45, 7) is 4.74. The number of nitrogens with zero attached hydrogens (tertiary/aromatic N) is 2. The van der Waals surface area contributed by atoms with Gasteiger partial charge in [-0.2, -0.15) is 0 Å². The average Bonchev–Trinajstić information content (AvgIpc) is 2.58. The van der Waals surface area contributed by atoms with Gasteiger partial charge in [-0.3, -0.25) is 23.5 Å². The zero-order valence-electron chi connectivity index (χ0n) is 13.8. The SMILES string of the molecule is CCCNC(=O)Cn1ccn(-c2ccc(OCC)cc2)c(=O)c1=O. The van der Waals surface area contributed by atoms with Gasteiger partial charge in [0.1, 0.15) is 12.3 Å². The van der Waals surface area contributed by atoms with Gasteiger partial charge in [-0.1, -0.05) is 6.92 Å². The first kappa shape index (κ1) is 17.5. The van der Waals surface area contributed by atoms with Gasteiger partial charge in [-0.25, -0.2) is 0 Å². The third-order valence-electron chi connectivity index (χ3n) is 3.37. The van der Waals surface area contributed by atoms with E-state index < -0.39 is 11.1 Å². The van der Waals surface area contributed by atoms with Crippen molar-refractivity contribution >= 4 is 5.91 Å². The van der Waals surface area contributed by atoms with Crippen LogP contribution in [0.2, 0.25) is 0 Å². The van der Waals surface area contributed by atoms with E-state index in [0.29, 0.717) is 24.6 Å². The predicted molar refractivity (Wildman–Crippen MR) is 90.8 cm³/mol. The zero-order chi connectivity index (χ0) is 17.5. The highest BCUT2D eigenvalue weighted by molar-refractivity contribution is 5.75. The second kappa shape index (κ2) is 8.14. The molecule has 0 bridgehead atoms. The smallest absolute Gasteiger partial charge is 0.320 e. The maximum atomic E-state index is 12.3. The van der Waals surface area contributed by atoms with Gasteiger partial charge < -0.3 is 10.1 Å². The minimum atomic E-state index is -0.738. The van der Waals surface area contributed by atoms with E-state index in [0.717, 1.165) is 11.0 Å². The summed E-state index contributed by atoms with van der Waals surface area (Å²) in [4.78, 5) is 36.1. The van der Waals surface area contributed by atoms with E-state index in [1.54, 1.807) is 24.3 Å². The van der Waals surface area contributed by atoms with Crippen molar-refractivity contribution in [1.82, 2.24) is 14.5 Å². The highest BCUT2D eigenvalue weighted by atomic mass is 16.5.